The minimum Gasteiger partial charge on any atom is -0.288 e. The van der Waals surface area contributed by atoms with E-state index in [0.29, 0.717) is 9.90 Å². The molecule has 1 nitrogen and oxygen atoms in total. The Hall–Kier alpha value is -1.43. The van der Waals surface area contributed by atoms with Crippen LogP contribution in [0.2, 0.25) is 0 Å². The number of benzene rings is 1. The molecule has 1 aromatic rings. The van der Waals surface area contributed by atoms with E-state index in [2.05, 4.69) is 17.8 Å². The molecule has 2 rings (SSSR count). The fourth-order valence-corrected chi connectivity index (χ4v) is 1.92. The van der Waals surface area contributed by atoms with Crippen LogP contribution in [0.4, 0.5) is 0 Å². The van der Waals surface area contributed by atoms with E-state index in [0.717, 1.165) is 16.8 Å². The van der Waals surface area contributed by atoms with Crippen LogP contribution in [0.15, 0.2) is 40.4 Å². The second-order valence-corrected chi connectivity index (χ2v) is 3.79. The highest BCUT2D eigenvalue weighted by molar-refractivity contribution is 7.81. The minimum atomic E-state index is 0.597. The third-order valence-electron chi connectivity index (χ3n) is 2.17. The van der Waals surface area contributed by atoms with Crippen molar-refractivity contribution in [3.05, 3.63) is 46.5 Å². The zero-order chi connectivity index (χ0) is 14.1. The third-order valence-corrected chi connectivity index (χ3v) is 3.02. The van der Waals surface area contributed by atoms with Crippen LogP contribution in [0, 0.1) is 12.8 Å². The number of rotatable bonds is 0. The lowest BCUT2D eigenvalue weighted by molar-refractivity contribution is 1.42. The van der Waals surface area contributed by atoms with E-state index >= 15 is 0 Å². The first-order chi connectivity index (χ1) is 8.74. The Morgan fingerprint density at radius 1 is 1.11 bits per heavy atom. The molecule has 1 aliphatic carbocycles. The van der Waals surface area contributed by atoms with E-state index in [1.54, 1.807) is 7.05 Å². The summed E-state index contributed by atoms with van der Waals surface area (Å²) < 4.78 is 0. The molecule has 0 atom stereocenters. The fraction of sp³-hybridized carbons (Fsp3) is 0.200. The molecular formula is C15H16ClNS. The van der Waals surface area contributed by atoms with E-state index in [1.807, 2.05) is 44.2 Å². The summed E-state index contributed by atoms with van der Waals surface area (Å²) in [5.74, 6) is 0. The number of aliphatic imine (C=N–C) groups is 1. The molecule has 0 radical (unpaired) electrons. The van der Waals surface area contributed by atoms with Gasteiger partial charge in [-0.1, -0.05) is 61.9 Å². The summed E-state index contributed by atoms with van der Waals surface area (Å²) in [7, 11) is 1.75. The first kappa shape index (κ1) is 16.6. The van der Waals surface area contributed by atoms with E-state index in [-0.39, 0.29) is 0 Å². The maximum absolute atomic E-state index is 6.01. The molecule has 0 amide bonds. The first-order valence-electron chi connectivity index (χ1n) is 5.55. The average molecular weight is 278 g/mol. The molecular weight excluding hydrogens is 262 g/mol. The fourth-order valence-electron chi connectivity index (χ4n) is 1.48. The van der Waals surface area contributed by atoms with Crippen LogP contribution in [-0.2, 0) is 0 Å². The molecule has 0 saturated carbocycles. The van der Waals surface area contributed by atoms with E-state index < -0.39 is 0 Å². The Labute approximate surface area is 120 Å². The Kier molecular flexibility index (Phi) is 7.94. The van der Waals surface area contributed by atoms with Crippen molar-refractivity contribution in [2.45, 2.75) is 13.8 Å². The Morgan fingerprint density at radius 3 is 2.11 bits per heavy atom. The summed E-state index contributed by atoms with van der Waals surface area (Å²) in [5.41, 5.74) is 2.94. The maximum Gasteiger partial charge on any atom is 0.0665 e. The molecule has 0 heterocycles. The molecule has 18 heavy (non-hydrogen) atoms. The lowest BCUT2D eigenvalue weighted by Crippen LogP contribution is -2.14. The van der Waals surface area contributed by atoms with Crippen LogP contribution in [0.5, 0.6) is 0 Å². The predicted octanol–water partition coefficient (Wildman–Crippen LogP) is 4.24. The molecule has 0 bridgehead atoms. The van der Waals surface area contributed by atoms with Crippen LogP contribution in [0.1, 0.15) is 25.0 Å². The van der Waals surface area contributed by atoms with Crippen LogP contribution in [0.25, 0.3) is 0 Å². The van der Waals surface area contributed by atoms with Gasteiger partial charge in [0.1, 0.15) is 0 Å². The van der Waals surface area contributed by atoms with E-state index in [4.69, 9.17) is 23.8 Å². The van der Waals surface area contributed by atoms with Crippen molar-refractivity contribution < 1.29 is 0 Å². The number of fused-ring (bicyclic) bond motifs is 1. The molecule has 0 aliphatic heterocycles. The molecule has 0 aromatic heterocycles. The van der Waals surface area contributed by atoms with Crippen LogP contribution >= 0.6 is 23.8 Å². The summed E-state index contributed by atoms with van der Waals surface area (Å²) in [4.78, 5) is 4.87. The average Bonchev–Trinajstić information content (AvgIpc) is 2.47. The number of allylic oxidation sites excluding steroid dienone is 2. The summed E-state index contributed by atoms with van der Waals surface area (Å²) in [6.45, 7) is 4.00. The zero-order valence-corrected chi connectivity index (χ0v) is 12.3. The number of hydrogen-bond donors (Lipinski definition) is 0. The second-order valence-electron chi connectivity index (χ2n) is 2.98. The van der Waals surface area contributed by atoms with Gasteiger partial charge in [0, 0.05) is 18.2 Å². The van der Waals surface area contributed by atoms with Crippen molar-refractivity contribution in [3.63, 3.8) is 0 Å². The number of thiocarbonyl (C=S) groups is 1. The maximum atomic E-state index is 6.01. The van der Waals surface area contributed by atoms with Gasteiger partial charge in [0.15, 0.2) is 0 Å². The third kappa shape index (κ3) is 3.53. The highest BCUT2D eigenvalue weighted by Gasteiger charge is 2.18. The van der Waals surface area contributed by atoms with Crippen molar-refractivity contribution in [1.29, 1.82) is 0 Å². The predicted molar refractivity (Wildman–Crippen MR) is 85.8 cm³/mol. The van der Waals surface area contributed by atoms with Gasteiger partial charge in [0.2, 0.25) is 0 Å². The molecule has 0 saturated heterocycles. The summed E-state index contributed by atoms with van der Waals surface area (Å²) in [6.07, 6.45) is 9.81. The van der Waals surface area contributed by atoms with Crippen LogP contribution < -0.4 is 0 Å². The summed E-state index contributed by atoms with van der Waals surface area (Å²) >= 11 is 11.2. The molecule has 94 valence electrons. The van der Waals surface area contributed by atoms with Crippen molar-refractivity contribution in [3.8, 4) is 12.8 Å². The van der Waals surface area contributed by atoms with Gasteiger partial charge in [-0.15, -0.1) is 12.8 Å². The van der Waals surface area contributed by atoms with Gasteiger partial charge >= 0.3 is 0 Å². The van der Waals surface area contributed by atoms with Crippen molar-refractivity contribution >= 4 is 34.4 Å². The highest BCUT2D eigenvalue weighted by Crippen LogP contribution is 2.24. The monoisotopic (exact) mass is 277 g/mol. The molecule has 1 aliphatic rings. The second kappa shape index (κ2) is 8.63. The summed E-state index contributed by atoms with van der Waals surface area (Å²) in [6, 6.07) is 7.90. The van der Waals surface area contributed by atoms with Gasteiger partial charge in [-0.2, -0.15) is 0 Å². The van der Waals surface area contributed by atoms with Gasteiger partial charge in [-0.25, -0.2) is 0 Å². The van der Waals surface area contributed by atoms with Crippen LogP contribution in [-0.4, -0.2) is 17.6 Å². The van der Waals surface area contributed by atoms with E-state index in [9.17, 15) is 0 Å². The largest absolute Gasteiger partial charge is 0.288 e. The lowest BCUT2D eigenvalue weighted by atomic mass is 9.95. The molecule has 0 spiro atoms. The molecule has 1 aromatic carbocycles. The topological polar surface area (TPSA) is 12.4 Å². The van der Waals surface area contributed by atoms with Crippen molar-refractivity contribution in [1.82, 2.24) is 0 Å². The highest BCUT2D eigenvalue weighted by atomic mass is 35.5. The van der Waals surface area contributed by atoms with Crippen molar-refractivity contribution in [2.75, 3.05) is 7.05 Å². The normalized spacial score (nSPS) is 14.4. The standard InChI is InChI=1S/C11H8ClNS.C2H6.C2H2/c1-13-10-6-9(12)11(14)8-5-3-2-4-7(8)10;2*1-2/h2-6H,1H3;1-2H3;1-2H. The first-order valence-corrected chi connectivity index (χ1v) is 6.34. The Bertz CT molecular complexity index is 498. The molecule has 0 unspecified atom stereocenters. The van der Waals surface area contributed by atoms with Gasteiger partial charge in [0.25, 0.3) is 0 Å². The minimum absolute atomic E-state index is 0.597. The Morgan fingerprint density at radius 2 is 1.61 bits per heavy atom. The van der Waals surface area contributed by atoms with Gasteiger partial charge < -0.3 is 0 Å². The lowest BCUT2D eigenvalue weighted by Gasteiger charge is -2.15. The van der Waals surface area contributed by atoms with E-state index in [1.165, 1.54) is 0 Å². The number of halogens is 1. The number of nitrogens with zero attached hydrogens (tertiary/aromatic N) is 1. The smallest absolute Gasteiger partial charge is 0.0665 e. The van der Waals surface area contributed by atoms with Crippen LogP contribution in [0.3, 0.4) is 0 Å². The van der Waals surface area contributed by atoms with Gasteiger partial charge in [0.05, 0.1) is 15.6 Å². The number of terminal acetylenes is 1. The summed E-state index contributed by atoms with van der Waals surface area (Å²) in [5, 5.41) is 0.597. The molecule has 3 heteroatoms. The molecule has 0 N–H and O–H groups in total. The zero-order valence-electron chi connectivity index (χ0n) is 10.8. The number of hydrogen-bond acceptors (Lipinski definition) is 2. The van der Waals surface area contributed by atoms with Crippen molar-refractivity contribution in [2.24, 2.45) is 4.99 Å². The quantitative estimate of drug-likeness (QED) is 0.510. The van der Waals surface area contributed by atoms with Gasteiger partial charge in [-0.3, -0.25) is 4.99 Å². The SMILES string of the molecule is C#C.CC.CN=C1C=C(Cl)C(=S)c2ccccc21. The Balaban J connectivity index is 0.000000659. The molecule has 0 fully saturated rings. The van der Waals surface area contributed by atoms with Gasteiger partial charge in [-0.05, 0) is 6.08 Å².